The minimum atomic E-state index is 0.177. The van der Waals surface area contributed by atoms with Crippen LogP contribution >= 0.6 is 0 Å². The summed E-state index contributed by atoms with van der Waals surface area (Å²) in [6.07, 6.45) is 7.16. The van der Waals surface area contributed by atoms with Gasteiger partial charge in [-0.1, -0.05) is 6.07 Å². The van der Waals surface area contributed by atoms with Crippen molar-refractivity contribution in [3.8, 4) is 0 Å². The molecule has 120 valence electrons. The van der Waals surface area contributed by atoms with E-state index < -0.39 is 0 Å². The van der Waals surface area contributed by atoms with Crippen LogP contribution in [0, 0.1) is 0 Å². The second-order valence-corrected chi connectivity index (χ2v) is 6.70. The van der Waals surface area contributed by atoms with E-state index in [-0.39, 0.29) is 5.91 Å². The Balaban J connectivity index is 1.44. The van der Waals surface area contributed by atoms with Gasteiger partial charge in [-0.2, -0.15) is 0 Å². The van der Waals surface area contributed by atoms with E-state index in [0.717, 1.165) is 50.2 Å². The van der Waals surface area contributed by atoms with Crippen LogP contribution in [0.4, 0.5) is 0 Å². The second-order valence-electron chi connectivity index (χ2n) is 6.70. The molecule has 0 atom stereocenters. The van der Waals surface area contributed by atoms with Gasteiger partial charge in [0.15, 0.2) is 0 Å². The molecule has 2 heterocycles. The minimum Gasteiger partial charge on any atom is -0.339 e. The van der Waals surface area contributed by atoms with Crippen LogP contribution in [0.5, 0.6) is 0 Å². The van der Waals surface area contributed by atoms with Crippen LogP contribution in [-0.4, -0.2) is 38.7 Å². The molecule has 0 spiro atoms. The molecule has 1 amide bonds. The smallest absolute Gasteiger partial charge is 0.253 e. The Morgan fingerprint density at radius 1 is 1.17 bits per heavy atom. The second kappa shape index (κ2) is 5.80. The van der Waals surface area contributed by atoms with Crippen LogP contribution in [0.1, 0.15) is 52.5 Å². The van der Waals surface area contributed by atoms with E-state index in [1.54, 1.807) is 6.33 Å². The van der Waals surface area contributed by atoms with Crippen molar-refractivity contribution in [3.05, 3.63) is 47.0 Å². The molecule has 5 heteroatoms. The van der Waals surface area contributed by atoms with Gasteiger partial charge in [0.05, 0.1) is 0 Å². The zero-order valence-corrected chi connectivity index (χ0v) is 13.5. The zero-order chi connectivity index (χ0) is 15.8. The highest BCUT2D eigenvalue weighted by Crippen LogP contribution is 2.28. The number of fused-ring (bicyclic) bond motifs is 1. The van der Waals surface area contributed by atoms with Gasteiger partial charge in [0.25, 0.3) is 5.91 Å². The lowest BCUT2D eigenvalue weighted by molar-refractivity contribution is 0.0710. The molecule has 0 N–H and O–H groups in total. The summed E-state index contributed by atoms with van der Waals surface area (Å²) in [5.74, 6) is 1.62. The van der Waals surface area contributed by atoms with Crippen LogP contribution in [-0.2, 0) is 19.9 Å². The van der Waals surface area contributed by atoms with Gasteiger partial charge in [0, 0.05) is 31.6 Å². The Bertz CT molecular complexity index is 728. The van der Waals surface area contributed by atoms with Gasteiger partial charge >= 0.3 is 0 Å². The van der Waals surface area contributed by atoms with E-state index in [9.17, 15) is 4.79 Å². The van der Waals surface area contributed by atoms with Gasteiger partial charge < -0.3 is 9.47 Å². The molecule has 1 saturated heterocycles. The summed E-state index contributed by atoms with van der Waals surface area (Å²) in [5, 5.41) is 8.18. The number of aromatic nitrogens is 3. The maximum absolute atomic E-state index is 12.8. The molecule has 0 unspecified atom stereocenters. The molecule has 2 aliphatic rings. The maximum Gasteiger partial charge on any atom is 0.253 e. The predicted octanol–water partition coefficient (Wildman–Crippen LogP) is 2.32. The SMILES string of the molecule is Cn1cnnc1C1CCN(C(=O)c2ccc3c(c2)CCC3)CC1. The topological polar surface area (TPSA) is 51.0 Å². The zero-order valence-electron chi connectivity index (χ0n) is 13.5. The van der Waals surface area contributed by atoms with Crippen molar-refractivity contribution in [2.45, 2.75) is 38.0 Å². The standard InChI is InChI=1S/C18H22N4O/c1-21-12-19-20-17(21)14-7-9-22(10-8-14)18(23)16-6-5-13-3-2-4-15(13)11-16/h5-6,11-12,14H,2-4,7-10H2,1H3. The predicted molar refractivity (Wildman–Crippen MR) is 87.3 cm³/mol. The number of rotatable bonds is 2. The summed E-state index contributed by atoms with van der Waals surface area (Å²) < 4.78 is 1.99. The number of carbonyl (C=O) groups excluding carboxylic acids is 1. The van der Waals surface area contributed by atoms with Crippen molar-refractivity contribution >= 4 is 5.91 Å². The Kier molecular flexibility index (Phi) is 3.63. The molecular weight excluding hydrogens is 288 g/mol. The molecular formula is C18H22N4O. The molecule has 23 heavy (non-hydrogen) atoms. The molecule has 5 nitrogen and oxygen atoms in total. The summed E-state index contributed by atoms with van der Waals surface area (Å²) in [4.78, 5) is 14.7. The van der Waals surface area contributed by atoms with Crippen LogP contribution in [0.2, 0.25) is 0 Å². The third kappa shape index (κ3) is 2.64. The normalized spacial score (nSPS) is 18.2. The summed E-state index contributed by atoms with van der Waals surface area (Å²) in [6.45, 7) is 1.60. The Morgan fingerprint density at radius 2 is 1.96 bits per heavy atom. The molecule has 4 rings (SSSR count). The third-order valence-electron chi connectivity index (χ3n) is 5.24. The highest BCUT2D eigenvalue weighted by atomic mass is 16.2. The Labute approximate surface area is 136 Å². The first-order valence-electron chi connectivity index (χ1n) is 8.47. The van der Waals surface area contributed by atoms with E-state index in [4.69, 9.17) is 0 Å². The molecule has 0 radical (unpaired) electrons. The molecule has 1 aliphatic heterocycles. The fourth-order valence-corrected chi connectivity index (χ4v) is 3.89. The first kappa shape index (κ1) is 14.4. The van der Waals surface area contributed by atoms with Gasteiger partial charge in [-0.3, -0.25) is 4.79 Å². The summed E-state index contributed by atoms with van der Waals surface area (Å²) in [5.41, 5.74) is 3.63. The van der Waals surface area contributed by atoms with Crippen LogP contribution in [0.25, 0.3) is 0 Å². The number of aryl methyl sites for hydroxylation is 3. The fourth-order valence-electron chi connectivity index (χ4n) is 3.89. The van der Waals surface area contributed by atoms with Crippen molar-refractivity contribution in [2.75, 3.05) is 13.1 Å². The van der Waals surface area contributed by atoms with Gasteiger partial charge in [0.1, 0.15) is 12.2 Å². The molecule has 1 aliphatic carbocycles. The number of hydrogen-bond acceptors (Lipinski definition) is 3. The number of benzene rings is 1. The van der Waals surface area contributed by atoms with Gasteiger partial charge in [0.2, 0.25) is 0 Å². The monoisotopic (exact) mass is 310 g/mol. The molecule has 1 aromatic carbocycles. The lowest BCUT2D eigenvalue weighted by Gasteiger charge is -2.31. The van der Waals surface area contributed by atoms with Crippen LogP contribution < -0.4 is 0 Å². The summed E-state index contributed by atoms with van der Waals surface area (Å²) in [6, 6.07) is 6.25. The lowest BCUT2D eigenvalue weighted by atomic mass is 9.95. The first-order chi connectivity index (χ1) is 11.2. The van der Waals surface area contributed by atoms with Crippen molar-refractivity contribution in [3.63, 3.8) is 0 Å². The number of piperidine rings is 1. The highest BCUT2D eigenvalue weighted by molar-refractivity contribution is 5.94. The van der Waals surface area contributed by atoms with Crippen LogP contribution in [0.15, 0.2) is 24.5 Å². The summed E-state index contributed by atoms with van der Waals surface area (Å²) in [7, 11) is 1.98. The van der Waals surface area contributed by atoms with Crippen LogP contribution in [0.3, 0.4) is 0 Å². The van der Waals surface area contributed by atoms with Crippen molar-refractivity contribution in [1.29, 1.82) is 0 Å². The van der Waals surface area contributed by atoms with Crippen molar-refractivity contribution < 1.29 is 4.79 Å². The maximum atomic E-state index is 12.8. The number of carbonyl (C=O) groups is 1. The van der Waals surface area contributed by atoms with Gasteiger partial charge in [-0.15, -0.1) is 10.2 Å². The number of likely N-dealkylation sites (tertiary alicyclic amines) is 1. The lowest BCUT2D eigenvalue weighted by Crippen LogP contribution is -2.38. The number of amides is 1. The van der Waals surface area contributed by atoms with E-state index >= 15 is 0 Å². The van der Waals surface area contributed by atoms with E-state index in [1.807, 2.05) is 22.6 Å². The van der Waals surface area contributed by atoms with E-state index in [1.165, 1.54) is 17.5 Å². The Morgan fingerprint density at radius 3 is 2.70 bits per heavy atom. The minimum absolute atomic E-state index is 0.177. The largest absolute Gasteiger partial charge is 0.339 e. The van der Waals surface area contributed by atoms with E-state index in [2.05, 4.69) is 22.3 Å². The van der Waals surface area contributed by atoms with E-state index in [0.29, 0.717) is 5.92 Å². The molecule has 0 bridgehead atoms. The van der Waals surface area contributed by atoms with Gasteiger partial charge in [-0.05, 0) is 55.4 Å². The molecule has 0 saturated carbocycles. The molecule has 2 aromatic rings. The molecule has 1 fully saturated rings. The van der Waals surface area contributed by atoms with Crippen molar-refractivity contribution in [1.82, 2.24) is 19.7 Å². The first-order valence-corrected chi connectivity index (χ1v) is 8.47. The van der Waals surface area contributed by atoms with Gasteiger partial charge in [-0.25, -0.2) is 0 Å². The van der Waals surface area contributed by atoms with Crippen molar-refractivity contribution in [2.24, 2.45) is 7.05 Å². The quantitative estimate of drug-likeness (QED) is 0.855. The fraction of sp³-hybridized carbons (Fsp3) is 0.500. The highest BCUT2D eigenvalue weighted by Gasteiger charge is 2.27. The Hall–Kier alpha value is -2.17. The third-order valence-corrected chi connectivity index (χ3v) is 5.24. The average molecular weight is 310 g/mol. The average Bonchev–Trinajstić information content (AvgIpc) is 3.22. The number of hydrogen-bond donors (Lipinski definition) is 0. The number of nitrogens with zero attached hydrogens (tertiary/aromatic N) is 4. The summed E-state index contributed by atoms with van der Waals surface area (Å²) >= 11 is 0. The molecule has 1 aromatic heterocycles.